The smallest absolute Gasteiger partial charge is 0.241 e. The van der Waals surface area contributed by atoms with Crippen LogP contribution in [0.25, 0.3) is 0 Å². The number of carbonyl (C=O) groups excluding carboxylic acids is 2. The minimum Gasteiger partial charge on any atom is -0.341 e. The average molecular weight is 470 g/mol. The van der Waals surface area contributed by atoms with Gasteiger partial charge >= 0.3 is 0 Å². The van der Waals surface area contributed by atoms with Gasteiger partial charge in [-0.05, 0) is 60.4 Å². The van der Waals surface area contributed by atoms with Crippen LogP contribution >= 0.6 is 0 Å². The van der Waals surface area contributed by atoms with E-state index in [0.29, 0.717) is 43.5 Å². The second kappa shape index (κ2) is 9.65. The molecule has 0 spiro atoms. The van der Waals surface area contributed by atoms with Crippen LogP contribution in [0.15, 0.2) is 53.4 Å². The highest BCUT2D eigenvalue weighted by Gasteiger charge is 2.33. The first kappa shape index (κ1) is 23.4. The SMILES string of the molecule is C[C@@H]1C[C@@H](C)CN(C(=O)[C@H](Cc2ccccc2)NS(=O)(=O)c2ccc3c(c2)CCC(=O)N3)C1. The van der Waals surface area contributed by atoms with Gasteiger partial charge in [0.1, 0.15) is 6.04 Å². The van der Waals surface area contributed by atoms with Crippen LogP contribution < -0.4 is 10.0 Å². The Hall–Kier alpha value is -2.71. The van der Waals surface area contributed by atoms with Gasteiger partial charge in [0.05, 0.1) is 4.90 Å². The van der Waals surface area contributed by atoms with Gasteiger partial charge in [-0.1, -0.05) is 44.2 Å². The molecule has 2 aromatic carbocycles. The molecule has 3 atom stereocenters. The first-order valence-electron chi connectivity index (χ1n) is 11.5. The number of benzene rings is 2. The maximum Gasteiger partial charge on any atom is 0.241 e. The third-order valence-electron chi connectivity index (χ3n) is 6.34. The van der Waals surface area contributed by atoms with Gasteiger partial charge in [0, 0.05) is 25.2 Å². The molecule has 0 aromatic heterocycles. The summed E-state index contributed by atoms with van der Waals surface area (Å²) in [6.45, 7) is 5.51. The maximum atomic E-state index is 13.5. The van der Waals surface area contributed by atoms with Gasteiger partial charge in [-0.2, -0.15) is 4.72 Å². The molecule has 2 aromatic rings. The Bertz CT molecular complexity index is 1120. The van der Waals surface area contributed by atoms with Crippen molar-refractivity contribution < 1.29 is 18.0 Å². The zero-order valence-corrected chi connectivity index (χ0v) is 19.9. The number of hydrogen-bond donors (Lipinski definition) is 2. The summed E-state index contributed by atoms with van der Waals surface area (Å²) in [5, 5.41) is 2.77. The molecule has 0 radical (unpaired) electrons. The van der Waals surface area contributed by atoms with Crippen molar-refractivity contribution in [1.29, 1.82) is 0 Å². The van der Waals surface area contributed by atoms with Gasteiger partial charge in [0.25, 0.3) is 0 Å². The molecule has 4 rings (SSSR count). The number of aryl methyl sites for hydroxylation is 1. The zero-order valence-electron chi connectivity index (χ0n) is 19.1. The lowest BCUT2D eigenvalue weighted by atomic mass is 9.91. The molecular weight excluding hydrogens is 438 g/mol. The highest BCUT2D eigenvalue weighted by atomic mass is 32.2. The molecule has 2 aliphatic heterocycles. The van der Waals surface area contributed by atoms with Crippen molar-refractivity contribution in [2.24, 2.45) is 11.8 Å². The molecule has 176 valence electrons. The van der Waals surface area contributed by atoms with Crippen molar-refractivity contribution in [2.45, 2.75) is 50.5 Å². The number of amides is 2. The van der Waals surface area contributed by atoms with E-state index < -0.39 is 16.1 Å². The number of carbonyl (C=O) groups is 2. The highest BCUT2D eigenvalue weighted by molar-refractivity contribution is 7.89. The monoisotopic (exact) mass is 469 g/mol. The summed E-state index contributed by atoms with van der Waals surface area (Å²) in [5.41, 5.74) is 2.31. The molecule has 1 saturated heterocycles. The van der Waals surface area contributed by atoms with Crippen molar-refractivity contribution in [3.05, 3.63) is 59.7 Å². The van der Waals surface area contributed by atoms with Crippen molar-refractivity contribution >= 4 is 27.5 Å². The van der Waals surface area contributed by atoms with E-state index in [2.05, 4.69) is 23.9 Å². The van der Waals surface area contributed by atoms with Crippen LogP contribution in [0.1, 0.15) is 37.8 Å². The van der Waals surface area contributed by atoms with Gasteiger partial charge in [-0.15, -0.1) is 0 Å². The van der Waals surface area contributed by atoms with Gasteiger partial charge in [-0.3, -0.25) is 9.59 Å². The molecule has 33 heavy (non-hydrogen) atoms. The summed E-state index contributed by atoms with van der Waals surface area (Å²) in [7, 11) is -3.95. The third kappa shape index (κ3) is 5.62. The first-order chi connectivity index (χ1) is 15.7. The summed E-state index contributed by atoms with van der Waals surface area (Å²) >= 11 is 0. The summed E-state index contributed by atoms with van der Waals surface area (Å²) in [5.74, 6) is 0.492. The molecule has 2 heterocycles. The Morgan fingerprint density at radius 1 is 1.09 bits per heavy atom. The summed E-state index contributed by atoms with van der Waals surface area (Å²) in [6, 6.07) is 13.2. The summed E-state index contributed by atoms with van der Waals surface area (Å²) < 4.78 is 29.4. The fraction of sp³-hybridized carbons (Fsp3) is 0.440. The molecule has 7 nitrogen and oxygen atoms in total. The number of piperidine rings is 1. The number of likely N-dealkylation sites (tertiary alicyclic amines) is 1. The molecule has 8 heteroatoms. The van der Waals surface area contributed by atoms with Crippen molar-refractivity contribution in [2.75, 3.05) is 18.4 Å². The number of anilines is 1. The van der Waals surface area contributed by atoms with E-state index >= 15 is 0 Å². The Morgan fingerprint density at radius 2 is 1.79 bits per heavy atom. The van der Waals surface area contributed by atoms with Crippen LogP contribution in [-0.2, 0) is 32.5 Å². The van der Waals surface area contributed by atoms with E-state index in [9.17, 15) is 18.0 Å². The fourth-order valence-electron chi connectivity index (χ4n) is 4.87. The largest absolute Gasteiger partial charge is 0.341 e. The van der Waals surface area contributed by atoms with E-state index in [1.54, 1.807) is 17.0 Å². The molecule has 0 bridgehead atoms. The lowest BCUT2D eigenvalue weighted by Gasteiger charge is -2.37. The second-order valence-electron chi connectivity index (χ2n) is 9.42. The van der Waals surface area contributed by atoms with E-state index in [0.717, 1.165) is 17.5 Å². The molecule has 0 unspecified atom stereocenters. The zero-order chi connectivity index (χ0) is 23.6. The van der Waals surface area contributed by atoms with Gasteiger partial charge in [0.15, 0.2) is 0 Å². The lowest BCUT2D eigenvalue weighted by Crippen LogP contribution is -2.53. The molecule has 2 aliphatic rings. The Balaban J connectivity index is 1.60. The quantitative estimate of drug-likeness (QED) is 0.680. The van der Waals surface area contributed by atoms with Crippen LogP contribution in [0.5, 0.6) is 0 Å². The van der Waals surface area contributed by atoms with Gasteiger partial charge in [0.2, 0.25) is 21.8 Å². The van der Waals surface area contributed by atoms with Crippen molar-refractivity contribution in [3.63, 3.8) is 0 Å². The second-order valence-corrected chi connectivity index (χ2v) is 11.1. The normalized spacial score (nSPS) is 21.8. The Morgan fingerprint density at radius 3 is 2.48 bits per heavy atom. The van der Waals surface area contributed by atoms with E-state index in [1.165, 1.54) is 6.07 Å². The standard InChI is InChI=1S/C25H31N3O4S/c1-17-12-18(2)16-28(15-17)25(30)23(13-19-6-4-3-5-7-19)27-33(31,32)21-9-10-22-20(14-21)8-11-24(29)26-22/h3-7,9-10,14,17-18,23,27H,8,11-13,15-16H2,1-2H3,(H,26,29)/t17-,18-,23+/m1/s1. The van der Waals surface area contributed by atoms with Crippen LogP contribution in [0.3, 0.4) is 0 Å². The van der Waals surface area contributed by atoms with E-state index in [-0.39, 0.29) is 23.1 Å². The number of hydrogen-bond acceptors (Lipinski definition) is 4. The van der Waals surface area contributed by atoms with Crippen molar-refractivity contribution in [1.82, 2.24) is 9.62 Å². The average Bonchev–Trinajstić information content (AvgIpc) is 2.77. The molecule has 0 aliphatic carbocycles. The maximum absolute atomic E-state index is 13.5. The predicted octanol–water partition coefficient (Wildman–Crippen LogP) is 2.97. The topological polar surface area (TPSA) is 95.6 Å². The van der Waals surface area contributed by atoms with Gasteiger partial charge in [-0.25, -0.2) is 8.42 Å². The molecule has 0 saturated carbocycles. The Kier molecular flexibility index (Phi) is 6.86. The van der Waals surface area contributed by atoms with Crippen LogP contribution in [0.4, 0.5) is 5.69 Å². The van der Waals surface area contributed by atoms with Crippen LogP contribution in [0, 0.1) is 11.8 Å². The van der Waals surface area contributed by atoms with Crippen LogP contribution in [0.2, 0.25) is 0 Å². The molecule has 2 amide bonds. The Labute approximate surface area is 195 Å². The summed E-state index contributed by atoms with van der Waals surface area (Å²) in [6.07, 6.45) is 2.15. The molecular formula is C25H31N3O4S. The van der Waals surface area contributed by atoms with E-state index in [4.69, 9.17) is 0 Å². The predicted molar refractivity (Wildman–Crippen MR) is 127 cm³/mol. The number of nitrogens with one attached hydrogen (secondary N) is 2. The lowest BCUT2D eigenvalue weighted by molar-refractivity contribution is -0.135. The minimum atomic E-state index is -3.95. The van der Waals surface area contributed by atoms with E-state index in [1.807, 2.05) is 30.3 Å². The molecule has 1 fully saturated rings. The van der Waals surface area contributed by atoms with Gasteiger partial charge < -0.3 is 10.2 Å². The minimum absolute atomic E-state index is 0.0743. The fourth-order valence-corrected chi connectivity index (χ4v) is 6.11. The number of fused-ring (bicyclic) bond motifs is 1. The summed E-state index contributed by atoms with van der Waals surface area (Å²) in [4.78, 5) is 27.0. The number of sulfonamides is 1. The first-order valence-corrected chi connectivity index (χ1v) is 13.0. The van der Waals surface area contributed by atoms with Crippen molar-refractivity contribution in [3.8, 4) is 0 Å². The number of rotatable bonds is 6. The number of nitrogens with zero attached hydrogens (tertiary/aromatic N) is 1. The third-order valence-corrected chi connectivity index (χ3v) is 7.81. The van der Waals surface area contributed by atoms with Crippen LogP contribution in [-0.4, -0.2) is 44.3 Å². The highest BCUT2D eigenvalue weighted by Crippen LogP contribution is 2.26. The molecule has 2 N–H and O–H groups in total.